The quantitative estimate of drug-likeness (QED) is 0.203. The molecule has 0 nitrogen and oxygen atoms in total. The van der Waals surface area contributed by atoms with Crippen molar-refractivity contribution in [1.82, 2.24) is 0 Å². The van der Waals surface area contributed by atoms with Crippen LogP contribution in [0.1, 0.15) is 5.56 Å². The van der Waals surface area contributed by atoms with Gasteiger partial charge in [-0.25, -0.2) is 0 Å². The average Bonchev–Trinajstić information content (AvgIpc) is 3.03. The van der Waals surface area contributed by atoms with Crippen molar-refractivity contribution in [2.45, 2.75) is 6.92 Å². The largest absolute Gasteiger partial charge is 0.0616 e. The normalized spacial score (nSPS) is 11.5. The third-order valence-corrected chi connectivity index (χ3v) is 8.45. The smallest absolute Gasteiger partial charge is 0.00262 e. The molecule has 0 spiro atoms. The molecule has 0 saturated carbocycles. The second kappa shape index (κ2) is 9.47. The van der Waals surface area contributed by atoms with E-state index in [0.717, 1.165) is 0 Å². The highest BCUT2D eigenvalue weighted by molar-refractivity contribution is 6.21. The Kier molecular flexibility index (Phi) is 5.47. The van der Waals surface area contributed by atoms with Crippen LogP contribution in [0.15, 0.2) is 152 Å². The molecule has 8 rings (SSSR count). The summed E-state index contributed by atoms with van der Waals surface area (Å²) in [5.74, 6) is 0. The molecule has 41 heavy (non-hydrogen) atoms. The number of benzene rings is 8. The van der Waals surface area contributed by atoms with Crippen LogP contribution >= 0.6 is 0 Å². The van der Waals surface area contributed by atoms with E-state index >= 15 is 0 Å². The van der Waals surface area contributed by atoms with Gasteiger partial charge in [0.25, 0.3) is 0 Å². The van der Waals surface area contributed by atoms with Crippen LogP contribution < -0.4 is 0 Å². The summed E-state index contributed by atoms with van der Waals surface area (Å²) < 4.78 is 0. The van der Waals surface area contributed by atoms with Gasteiger partial charge in [-0.2, -0.15) is 0 Å². The van der Waals surface area contributed by atoms with E-state index in [1.807, 2.05) is 0 Å². The monoisotopic (exact) mass is 520 g/mol. The molecule has 0 aliphatic carbocycles. The molecular weight excluding hydrogens is 492 g/mol. The van der Waals surface area contributed by atoms with Crippen molar-refractivity contribution in [3.63, 3.8) is 0 Å². The van der Waals surface area contributed by atoms with Crippen LogP contribution in [0.2, 0.25) is 0 Å². The molecular formula is C41H28. The fourth-order valence-electron chi connectivity index (χ4n) is 6.50. The Hall–Kier alpha value is -5.20. The molecule has 8 aromatic rings. The molecule has 0 saturated heterocycles. The van der Waals surface area contributed by atoms with Crippen molar-refractivity contribution in [2.75, 3.05) is 0 Å². The van der Waals surface area contributed by atoms with Gasteiger partial charge in [0.1, 0.15) is 0 Å². The third-order valence-electron chi connectivity index (χ3n) is 8.45. The van der Waals surface area contributed by atoms with Gasteiger partial charge < -0.3 is 0 Å². The summed E-state index contributed by atoms with van der Waals surface area (Å²) in [7, 11) is 0. The molecule has 0 unspecified atom stereocenters. The van der Waals surface area contributed by atoms with Gasteiger partial charge >= 0.3 is 0 Å². The zero-order valence-corrected chi connectivity index (χ0v) is 22.9. The molecule has 0 atom stereocenters. The maximum absolute atomic E-state index is 2.36. The minimum Gasteiger partial charge on any atom is -0.0616 e. The fraction of sp³-hybridized carbons (Fsp3) is 0.0244. The van der Waals surface area contributed by atoms with Crippen molar-refractivity contribution in [3.8, 4) is 33.4 Å². The lowest BCUT2D eigenvalue weighted by molar-refractivity contribution is 1.47. The Morgan fingerprint density at radius 3 is 1.27 bits per heavy atom. The van der Waals surface area contributed by atoms with Gasteiger partial charge in [0.05, 0.1) is 0 Å². The summed E-state index contributed by atoms with van der Waals surface area (Å²) in [6.07, 6.45) is 0. The number of hydrogen-bond acceptors (Lipinski definition) is 0. The minimum atomic E-state index is 1.24. The van der Waals surface area contributed by atoms with Gasteiger partial charge in [0.15, 0.2) is 0 Å². The number of fused-ring (bicyclic) bond motifs is 4. The maximum Gasteiger partial charge on any atom is -0.00262 e. The standard InChI is InChI=1S/C41H28/c1-27-9-8-12-34(23-27)40-36-13-4-6-15-38(36)41(39-16-7-5-14-37(39)40)35-22-21-32-25-31(19-20-33(32)26-35)30-18-17-28-10-2-3-11-29(28)24-30/h2-26H,1H3. The first-order valence-electron chi connectivity index (χ1n) is 14.3. The lowest BCUT2D eigenvalue weighted by Crippen LogP contribution is -1.91. The van der Waals surface area contributed by atoms with Crippen molar-refractivity contribution < 1.29 is 0 Å². The van der Waals surface area contributed by atoms with Crippen LogP contribution in [0.4, 0.5) is 0 Å². The van der Waals surface area contributed by atoms with Crippen LogP contribution in [0.5, 0.6) is 0 Å². The molecule has 0 aliphatic rings. The third kappa shape index (κ3) is 4.00. The first kappa shape index (κ1) is 23.7. The van der Waals surface area contributed by atoms with Crippen molar-refractivity contribution in [2.24, 2.45) is 0 Å². The van der Waals surface area contributed by atoms with Gasteiger partial charge in [0, 0.05) is 0 Å². The van der Waals surface area contributed by atoms with Gasteiger partial charge in [0.2, 0.25) is 0 Å². The fourth-order valence-corrected chi connectivity index (χ4v) is 6.50. The van der Waals surface area contributed by atoms with E-state index in [0.29, 0.717) is 0 Å². The lowest BCUT2D eigenvalue weighted by atomic mass is 9.85. The van der Waals surface area contributed by atoms with Crippen molar-refractivity contribution >= 4 is 43.1 Å². The Balaban J connectivity index is 1.32. The molecule has 0 N–H and O–H groups in total. The Morgan fingerprint density at radius 1 is 0.293 bits per heavy atom. The molecule has 0 heteroatoms. The van der Waals surface area contributed by atoms with Gasteiger partial charge in [-0.05, 0) is 102 Å². The second-order valence-electron chi connectivity index (χ2n) is 11.0. The molecule has 0 heterocycles. The predicted octanol–water partition coefficient (Wildman–Crippen LogP) is 11.6. The lowest BCUT2D eigenvalue weighted by Gasteiger charge is -2.18. The second-order valence-corrected chi connectivity index (χ2v) is 11.0. The van der Waals surface area contributed by atoms with Gasteiger partial charge in [-0.15, -0.1) is 0 Å². The molecule has 0 amide bonds. The van der Waals surface area contributed by atoms with Crippen LogP contribution in [-0.2, 0) is 0 Å². The van der Waals surface area contributed by atoms with E-state index in [-0.39, 0.29) is 0 Å². The topological polar surface area (TPSA) is 0 Å². The van der Waals surface area contributed by atoms with E-state index in [4.69, 9.17) is 0 Å². The minimum absolute atomic E-state index is 1.24. The van der Waals surface area contributed by atoms with Gasteiger partial charge in [-0.1, -0.05) is 139 Å². The van der Waals surface area contributed by atoms with E-state index in [9.17, 15) is 0 Å². The maximum atomic E-state index is 2.36. The highest BCUT2D eigenvalue weighted by atomic mass is 14.2. The SMILES string of the molecule is Cc1cccc(-c2c3ccccc3c(-c3ccc4cc(-c5ccc6ccccc6c5)ccc4c3)c3ccccc23)c1. The Bertz CT molecular complexity index is 2210. The molecule has 0 aromatic heterocycles. The van der Waals surface area contributed by atoms with Crippen LogP contribution in [0, 0.1) is 6.92 Å². The van der Waals surface area contributed by atoms with Crippen molar-refractivity contribution in [1.29, 1.82) is 0 Å². The molecule has 192 valence electrons. The van der Waals surface area contributed by atoms with E-state index < -0.39 is 0 Å². The van der Waals surface area contributed by atoms with Crippen LogP contribution in [-0.4, -0.2) is 0 Å². The molecule has 8 aromatic carbocycles. The molecule has 0 fully saturated rings. The van der Waals surface area contributed by atoms with Crippen molar-refractivity contribution in [3.05, 3.63) is 157 Å². The summed E-state index contributed by atoms with van der Waals surface area (Å²) in [6, 6.07) is 55.7. The zero-order chi connectivity index (χ0) is 27.3. The summed E-state index contributed by atoms with van der Waals surface area (Å²) in [6.45, 7) is 2.17. The number of aryl methyl sites for hydroxylation is 1. The summed E-state index contributed by atoms with van der Waals surface area (Å²) >= 11 is 0. The van der Waals surface area contributed by atoms with Gasteiger partial charge in [-0.3, -0.25) is 0 Å². The van der Waals surface area contributed by atoms with Crippen LogP contribution in [0.3, 0.4) is 0 Å². The van der Waals surface area contributed by atoms with E-state index in [1.165, 1.54) is 82.0 Å². The first-order chi connectivity index (χ1) is 20.2. The van der Waals surface area contributed by atoms with E-state index in [1.54, 1.807) is 0 Å². The molecule has 0 bridgehead atoms. The first-order valence-corrected chi connectivity index (χ1v) is 14.3. The number of rotatable bonds is 3. The predicted molar refractivity (Wildman–Crippen MR) is 178 cm³/mol. The highest BCUT2D eigenvalue weighted by Gasteiger charge is 2.16. The Labute approximate surface area is 240 Å². The summed E-state index contributed by atoms with van der Waals surface area (Å²) in [5.41, 5.74) is 8.89. The molecule has 0 aliphatic heterocycles. The highest BCUT2D eigenvalue weighted by Crippen LogP contribution is 2.44. The summed E-state index contributed by atoms with van der Waals surface area (Å²) in [4.78, 5) is 0. The molecule has 0 radical (unpaired) electrons. The van der Waals surface area contributed by atoms with Crippen LogP contribution in [0.25, 0.3) is 76.5 Å². The van der Waals surface area contributed by atoms with E-state index in [2.05, 4.69) is 159 Å². The average molecular weight is 521 g/mol. The number of hydrogen-bond donors (Lipinski definition) is 0. The summed E-state index contributed by atoms with van der Waals surface area (Å²) in [5, 5.41) is 10.2. The Morgan fingerprint density at radius 2 is 0.707 bits per heavy atom. The zero-order valence-electron chi connectivity index (χ0n) is 22.9.